The Kier molecular flexibility index (Phi) is 3.04. The summed E-state index contributed by atoms with van der Waals surface area (Å²) >= 11 is 0. The summed E-state index contributed by atoms with van der Waals surface area (Å²) in [5.41, 5.74) is 8.26. The zero-order valence-electron chi connectivity index (χ0n) is 15.8. The number of nitrogens with one attached hydrogen (secondary N) is 1. The Morgan fingerprint density at radius 2 is 1.64 bits per heavy atom. The average Bonchev–Trinajstić information content (AvgIpc) is 3.26. The number of fused-ring (bicyclic) bond motifs is 6. The lowest BCUT2D eigenvalue weighted by Gasteiger charge is -2.29. The van der Waals surface area contributed by atoms with Crippen LogP contribution >= 0.6 is 0 Å². The molecule has 2 aromatic heterocycles. The summed E-state index contributed by atoms with van der Waals surface area (Å²) < 4.78 is 4.38. The van der Waals surface area contributed by atoms with E-state index in [-0.39, 0.29) is 6.17 Å². The molecule has 0 unspecified atom stereocenters. The van der Waals surface area contributed by atoms with Gasteiger partial charge in [-0.05, 0) is 42.8 Å². The number of benzene rings is 3. The monoisotopic (exact) mass is 364 g/mol. The van der Waals surface area contributed by atoms with Crippen LogP contribution < -0.4 is 5.32 Å². The van der Waals surface area contributed by atoms with Crippen molar-refractivity contribution in [1.29, 1.82) is 0 Å². The number of anilines is 1. The molecule has 0 radical (unpaired) electrons. The molecule has 1 N–H and O–H groups in total. The second-order valence-corrected chi connectivity index (χ2v) is 7.56. The number of para-hydroxylation sites is 2. The van der Waals surface area contributed by atoms with Crippen LogP contribution in [0.2, 0.25) is 0 Å². The lowest BCUT2D eigenvalue weighted by molar-refractivity contribution is 0.571. The van der Waals surface area contributed by atoms with Gasteiger partial charge in [-0.25, -0.2) is 4.68 Å². The lowest BCUT2D eigenvalue weighted by atomic mass is 10.0. The van der Waals surface area contributed by atoms with Crippen molar-refractivity contribution in [3.63, 3.8) is 0 Å². The fourth-order valence-corrected chi connectivity index (χ4v) is 4.54. The first-order valence-electron chi connectivity index (χ1n) is 9.60. The molecule has 3 aromatic carbocycles. The highest BCUT2D eigenvalue weighted by molar-refractivity contribution is 6.08. The Morgan fingerprint density at radius 1 is 0.857 bits per heavy atom. The quantitative estimate of drug-likeness (QED) is 0.428. The average molecular weight is 364 g/mol. The van der Waals surface area contributed by atoms with Gasteiger partial charge in [-0.3, -0.25) is 0 Å². The van der Waals surface area contributed by atoms with Gasteiger partial charge in [0.25, 0.3) is 0 Å². The minimum atomic E-state index is -0.0260. The number of nitrogens with zero attached hydrogens (tertiary/aromatic N) is 3. The molecule has 136 valence electrons. The Balaban J connectivity index is 1.59. The van der Waals surface area contributed by atoms with E-state index in [9.17, 15) is 0 Å². The first-order valence-corrected chi connectivity index (χ1v) is 9.60. The Labute approximate surface area is 163 Å². The summed E-state index contributed by atoms with van der Waals surface area (Å²) in [6.45, 7) is 2.05. The fraction of sp³-hybridized carbons (Fsp3) is 0.125. The maximum atomic E-state index is 4.80. The number of hydrogen-bond donors (Lipinski definition) is 1. The van der Waals surface area contributed by atoms with Crippen LogP contribution in [0.3, 0.4) is 0 Å². The third-order valence-electron chi connectivity index (χ3n) is 5.85. The van der Waals surface area contributed by atoms with E-state index in [0.717, 1.165) is 17.1 Å². The van der Waals surface area contributed by atoms with E-state index in [1.165, 1.54) is 32.9 Å². The van der Waals surface area contributed by atoms with E-state index in [1.54, 1.807) is 0 Å². The molecule has 4 nitrogen and oxygen atoms in total. The highest BCUT2D eigenvalue weighted by Gasteiger charge is 2.26. The molecule has 0 bridgehead atoms. The molecule has 6 rings (SSSR count). The van der Waals surface area contributed by atoms with Gasteiger partial charge in [-0.15, -0.1) is 0 Å². The summed E-state index contributed by atoms with van der Waals surface area (Å²) in [7, 11) is 2.13. The number of aromatic nitrogens is 3. The number of aryl methyl sites for hydroxylation is 2. The van der Waals surface area contributed by atoms with Crippen LogP contribution in [0.25, 0.3) is 33.1 Å². The van der Waals surface area contributed by atoms with Gasteiger partial charge in [0.2, 0.25) is 0 Å². The predicted octanol–water partition coefficient (Wildman–Crippen LogP) is 5.48. The Hall–Kier alpha value is -3.53. The third-order valence-corrected chi connectivity index (χ3v) is 5.85. The molecular weight excluding hydrogens is 344 g/mol. The van der Waals surface area contributed by atoms with E-state index >= 15 is 0 Å². The highest BCUT2D eigenvalue weighted by atomic mass is 15.4. The topological polar surface area (TPSA) is 34.8 Å². The van der Waals surface area contributed by atoms with Crippen LogP contribution in [-0.2, 0) is 7.05 Å². The SMILES string of the molecule is Cc1cc2n(n1)[C@@H](c1ccc3c(c1)c1ccccc1n3C)Nc1ccccc1-2. The molecular formula is C24H20N4. The van der Waals surface area contributed by atoms with Crippen molar-refractivity contribution < 1.29 is 0 Å². The smallest absolute Gasteiger partial charge is 0.147 e. The van der Waals surface area contributed by atoms with Crippen molar-refractivity contribution >= 4 is 27.5 Å². The van der Waals surface area contributed by atoms with Crippen molar-refractivity contribution in [3.8, 4) is 11.3 Å². The molecule has 5 aromatic rings. The molecule has 28 heavy (non-hydrogen) atoms. The van der Waals surface area contributed by atoms with Crippen LogP contribution in [0, 0.1) is 6.92 Å². The van der Waals surface area contributed by atoms with Crippen LogP contribution in [0.4, 0.5) is 5.69 Å². The van der Waals surface area contributed by atoms with Crippen molar-refractivity contribution in [2.24, 2.45) is 7.05 Å². The summed E-state index contributed by atoms with van der Waals surface area (Å²) in [5.74, 6) is 0. The molecule has 0 amide bonds. The van der Waals surface area contributed by atoms with Gasteiger partial charge in [0, 0.05) is 40.1 Å². The van der Waals surface area contributed by atoms with Gasteiger partial charge in [-0.1, -0.05) is 42.5 Å². The normalized spacial score (nSPS) is 15.4. The Morgan fingerprint density at radius 3 is 2.57 bits per heavy atom. The standard InChI is InChI=1S/C24H20N4/c1-15-13-23-18-8-3-5-9-20(18)25-24(28(23)26-15)16-11-12-22-19(14-16)17-7-4-6-10-21(17)27(22)2/h3-14,24-25H,1-2H3/t24-/m0/s1. The molecule has 4 heteroatoms. The molecule has 0 saturated heterocycles. The lowest BCUT2D eigenvalue weighted by Crippen LogP contribution is -2.25. The van der Waals surface area contributed by atoms with Crippen LogP contribution in [0.15, 0.2) is 72.8 Å². The van der Waals surface area contributed by atoms with Crippen LogP contribution in [0.5, 0.6) is 0 Å². The van der Waals surface area contributed by atoms with E-state index in [2.05, 4.69) is 101 Å². The zero-order chi connectivity index (χ0) is 18.8. The predicted molar refractivity (Wildman–Crippen MR) is 115 cm³/mol. The first kappa shape index (κ1) is 15.5. The van der Waals surface area contributed by atoms with E-state index in [0.29, 0.717) is 0 Å². The van der Waals surface area contributed by atoms with Crippen molar-refractivity contribution in [3.05, 3.63) is 84.1 Å². The largest absolute Gasteiger partial charge is 0.359 e. The fourth-order valence-electron chi connectivity index (χ4n) is 4.54. The summed E-state index contributed by atoms with van der Waals surface area (Å²) in [6.07, 6.45) is -0.0260. The molecule has 3 heterocycles. The second kappa shape index (κ2) is 5.49. The molecule has 0 fully saturated rings. The van der Waals surface area contributed by atoms with Crippen LogP contribution in [-0.4, -0.2) is 14.3 Å². The summed E-state index contributed by atoms with van der Waals surface area (Å²) in [4.78, 5) is 0. The van der Waals surface area contributed by atoms with Gasteiger partial charge in [0.1, 0.15) is 6.17 Å². The van der Waals surface area contributed by atoms with E-state index in [1.807, 2.05) is 0 Å². The van der Waals surface area contributed by atoms with Gasteiger partial charge in [-0.2, -0.15) is 5.10 Å². The first-order chi connectivity index (χ1) is 13.7. The molecule has 0 saturated carbocycles. The van der Waals surface area contributed by atoms with E-state index < -0.39 is 0 Å². The zero-order valence-corrected chi connectivity index (χ0v) is 15.8. The van der Waals surface area contributed by atoms with Crippen molar-refractivity contribution in [2.45, 2.75) is 13.1 Å². The van der Waals surface area contributed by atoms with Crippen LogP contribution in [0.1, 0.15) is 17.4 Å². The van der Waals surface area contributed by atoms with Crippen molar-refractivity contribution in [2.75, 3.05) is 5.32 Å². The molecule has 1 aliphatic rings. The van der Waals surface area contributed by atoms with Gasteiger partial charge in [0.15, 0.2) is 0 Å². The third kappa shape index (κ3) is 2.03. The van der Waals surface area contributed by atoms with E-state index in [4.69, 9.17) is 5.10 Å². The maximum Gasteiger partial charge on any atom is 0.147 e. The number of hydrogen-bond acceptors (Lipinski definition) is 2. The second-order valence-electron chi connectivity index (χ2n) is 7.56. The Bertz CT molecular complexity index is 1370. The minimum absolute atomic E-state index is 0.0260. The van der Waals surface area contributed by atoms with Gasteiger partial charge in [0.05, 0.1) is 11.4 Å². The van der Waals surface area contributed by atoms with Gasteiger partial charge < -0.3 is 9.88 Å². The molecule has 0 aliphatic carbocycles. The highest BCUT2D eigenvalue weighted by Crippen LogP contribution is 2.39. The van der Waals surface area contributed by atoms with Crippen molar-refractivity contribution in [1.82, 2.24) is 14.3 Å². The van der Waals surface area contributed by atoms with Gasteiger partial charge >= 0.3 is 0 Å². The molecule has 1 aliphatic heterocycles. The molecule has 0 spiro atoms. The number of rotatable bonds is 1. The molecule has 1 atom stereocenters. The summed E-state index contributed by atoms with van der Waals surface area (Å²) in [6, 6.07) is 26.0. The summed E-state index contributed by atoms with van der Waals surface area (Å²) in [5, 5.41) is 11.1. The maximum absolute atomic E-state index is 4.80. The minimum Gasteiger partial charge on any atom is -0.359 e.